The molecule has 1 unspecified atom stereocenters. The van der Waals surface area contributed by atoms with Gasteiger partial charge in [-0.15, -0.1) is 0 Å². The van der Waals surface area contributed by atoms with Gasteiger partial charge in [0.05, 0.1) is 24.3 Å². The van der Waals surface area contributed by atoms with Gasteiger partial charge in [-0.2, -0.15) is 0 Å². The van der Waals surface area contributed by atoms with E-state index in [1.54, 1.807) is 14.0 Å². The number of hydrogen-bond donors (Lipinski definition) is 2. The zero-order valence-electron chi connectivity index (χ0n) is 11.7. The lowest BCUT2D eigenvalue weighted by atomic mass is 10.2. The van der Waals surface area contributed by atoms with Crippen LogP contribution in [0.2, 0.25) is 0 Å². The Morgan fingerprint density at radius 3 is 2.74 bits per heavy atom. The van der Waals surface area contributed by atoms with Gasteiger partial charge in [0.2, 0.25) is 0 Å². The average molecular weight is 332 g/mol. The number of aliphatic hydroxyl groups is 1. The van der Waals surface area contributed by atoms with E-state index >= 15 is 0 Å². The van der Waals surface area contributed by atoms with Crippen molar-refractivity contribution in [3.8, 4) is 11.5 Å². The maximum Gasteiger partial charge on any atom is 0.175 e. The van der Waals surface area contributed by atoms with Crippen molar-refractivity contribution in [2.75, 3.05) is 20.3 Å². The number of methoxy groups -OCH3 is 1. The summed E-state index contributed by atoms with van der Waals surface area (Å²) in [5, 5.41) is 12.5. The van der Waals surface area contributed by atoms with E-state index in [1.807, 2.05) is 19.1 Å². The van der Waals surface area contributed by atoms with E-state index in [0.717, 1.165) is 41.0 Å². The van der Waals surface area contributed by atoms with Gasteiger partial charge in [0.25, 0.3) is 0 Å². The van der Waals surface area contributed by atoms with E-state index in [0.29, 0.717) is 6.61 Å². The molecule has 1 aromatic carbocycles. The van der Waals surface area contributed by atoms with Crippen LogP contribution in [0.3, 0.4) is 0 Å². The first-order valence-electron chi connectivity index (χ1n) is 6.46. The Balaban J connectivity index is 2.67. The summed E-state index contributed by atoms with van der Waals surface area (Å²) in [5.41, 5.74) is 1.11. The van der Waals surface area contributed by atoms with Crippen LogP contribution >= 0.6 is 15.9 Å². The van der Waals surface area contributed by atoms with Crippen molar-refractivity contribution in [3.05, 3.63) is 22.2 Å². The fourth-order valence-electron chi connectivity index (χ4n) is 1.70. The number of aliphatic hydroxyl groups excluding tert-OH is 1. The third kappa shape index (κ3) is 5.38. The maximum atomic E-state index is 9.19. The second-order valence-electron chi connectivity index (χ2n) is 4.36. The Hall–Kier alpha value is -0.780. The minimum atomic E-state index is -0.269. The standard InChI is InChI=1S/C14H22BrNO3/c1-4-19-14-12(15)7-11(8-13(14)18-3)9-16-6-5-10(2)17/h7-8,10,16-17H,4-6,9H2,1-3H3. The van der Waals surface area contributed by atoms with Crippen LogP contribution in [0.25, 0.3) is 0 Å². The molecular formula is C14H22BrNO3. The zero-order chi connectivity index (χ0) is 14.3. The van der Waals surface area contributed by atoms with Crippen molar-refractivity contribution in [2.24, 2.45) is 0 Å². The molecule has 0 aliphatic carbocycles. The summed E-state index contributed by atoms with van der Waals surface area (Å²) < 4.78 is 11.8. The first-order valence-corrected chi connectivity index (χ1v) is 7.25. The molecule has 0 fully saturated rings. The summed E-state index contributed by atoms with van der Waals surface area (Å²) in [6, 6.07) is 3.98. The van der Waals surface area contributed by atoms with Crippen molar-refractivity contribution in [2.45, 2.75) is 32.9 Å². The summed E-state index contributed by atoms with van der Waals surface area (Å²) in [6.07, 6.45) is 0.476. The van der Waals surface area contributed by atoms with Crippen molar-refractivity contribution in [1.82, 2.24) is 5.32 Å². The van der Waals surface area contributed by atoms with Gasteiger partial charge in [0, 0.05) is 6.54 Å². The molecule has 0 spiro atoms. The largest absolute Gasteiger partial charge is 0.493 e. The van der Waals surface area contributed by atoms with Gasteiger partial charge in [-0.1, -0.05) is 0 Å². The van der Waals surface area contributed by atoms with E-state index in [2.05, 4.69) is 21.2 Å². The first kappa shape index (κ1) is 16.3. The molecule has 0 aliphatic rings. The lowest BCUT2D eigenvalue weighted by Crippen LogP contribution is -2.18. The van der Waals surface area contributed by atoms with Crippen LogP contribution in [0.5, 0.6) is 11.5 Å². The minimum absolute atomic E-state index is 0.269. The molecule has 5 heteroatoms. The highest BCUT2D eigenvalue weighted by atomic mass is 79.9. The van der Waals surface area contributed by atoms with Gasteiger partial charge < -0.3 is 19.9 Å². The molecule has 0 bridgehead atoms. The summed E-state index contributed by atoms with van der Waals surface area (Å²) in [6.45, 7) is 5.84. The highest BCUT2D eigenvalue weighted by Crippen LogP contribution is 2.36. The van der Waals surface area contributed by atoms with Gasteiger partial charge in [0.1, 0.15) is 0 Å². The Bertz CT molecular complexity index is 397. The van der Waals surface area contributed by atoms with Gasteiger partial charge in [-0.3, -0.25) is 0 Å². The number of hydrogen-bond acceptors (Lipinski definition) is 4. The van der Waals surface area contributed by atoms with Crippen LogP contribution in [0.1, 0.15) is 25.8 Å². The quantitative estimate of drug-likeness (QED) is 0.719. The SMILES string of the molecule is CCOc1c(Br)cc(CNCCC(C)O)cc1OC. The third-order valence-corrected chi connectivity index (χ3v) is 3.23. The maximum absolute atomic E-state index is 9.19. The number of nitrogens with one attached hydrogen (secondary N) is 1. The normalized spacial score (nSPS) is 12.3. The molecule has 19 heavy (non-hydrogen) atoms. The average Bonchev–Trinajstić information content (AvgIpc) is 2.37. The third-order valence-electron chi connectivity index (χ3n) is 2.65. The number of halogens is 1. The topological polar surface area (TPSA) is 50.7 Å². The van der Waals surface area contributed by atoms with E-state index in [1.165, 1.54) is 0 Å². The van der Waals surface area contributed by atoms with Crippen molar-refractivity contribution in [3.63, 3.8) is 0 Å². The second-order valence-corrected chi connectivity index (χ2v) is 5.21. The fourth-order valence-corrected chi connectivity index (χ4v) is 2.31. The highest BCUT2D eigenvalue weighted by Gasteiger charge is 2.11. The molecule has 0 aromatic heterocycles. The van der Waals surface area contributed by atoms with Crippen LogP contribution in [-0.2, 0) is 6.54 Å². The Kier molecular flexibility index (Phi) is 7.20. The van der Waals surface area contributed by atoms with Gasteiger partial charge in [-0.25, -0.2) is 0 Å². The van der Waals surface area contributed by atoms with Crippen molar-refractivity contribution < 1.29 is 14.6 Å². The molecule has 1 rings (SSSR count). The van der Waals surface area contributed by atoms with Crippen molar-refractivity contribution >= 4 is 15.9 Å². The Labute approximate surface area is 123 Å². The summed E-state index contributed by atoms with van der Waals surface area (Å²) in [7, 11) is 1.63. The van der Waals surface area contributed by atoms with E-state index in [4.69, 9.17) is 9.47 Å². The minimum Gasteiger partial charge on any atom is -0.493 e. The molecule has 1 atom stereocenters. The predicted molar refractivity (Wildman–Crippen MR) is 79.9 cm³/mol. The molecule has 2 N–H and O–H groups in total. The lowest BCUT2D eigenvalue weighted by molar-refractivity contribution is 0.183. The van der Waals surface area contributed by atoms with Crippen LogP contribution in [0.15, 0.2) is 16.6 Å². The van der Waals surface area contributed by atoms with Crippen LogP contribution < -0.4 is 14.8 Å². The number of rotatable bonds is 8. The summed E-state index contributed by atoms with van der Waals surface area (Å²) in [4.78, 5) is 0. The van der Waals surface area contributed by atoms with E-state index in [9.17, 15) is 5.11 Å². The van der Waals surface area contributed by atoms with Crippen LogP contribution in [0.4, 0.5) is 0 Å². The molecule has 0 amide bonds. The van der Waals surface area contributed by atoms with Gasteiger partial charge >= 0.3 is 0 Å². The number of ether oxygens (including phenoxy) is 2. The van der Waals surface area contributed by atoms with Gasteiger partial charge in [-0.05, 0) is 60.4 Å². The van der Waals surface area contributed by atoms with Crippen LogP contribution in [-0.4, -0.2) is 31.5 Å². The molecule has 0 saturated heterocycles. The highest BCUT2D eigenvalue weighted by molar-refractivity contribution is 9.10. The van der Waals surface area contributed by atoms with E-state index < -0.39 is 0 Å². The molecule has 4 nitrogen and oxygen atoms in total. The fraction of sp³-hybridized carbons (Fsp3) is 0.571. The van der Waals surface area contributed by atoms with E-state index in [-0.39, 0.29) is 6.10 Å². The zero-order valence-corrected chi connectivity index (χ0v) is 13.3. The molecule has 1 aromatic rings. The monoisotopic (exact) mass is 331 g/mol. The van der Waals surface area contributed by atoms with Gasteiger partial charge in [0.15, 0.2) is 11.5 Å². The molecular weight excluding hydrogens is 310 g/mol. The lowest BCUT2D eigenvalue weighted by Gasteiger charge is -2.14. The summed E-state index contributed by atoms with van der Waals surface area (Å²) in [5.74, 6) is 1.46. The molecule has 0 aliphatic heterocycles. The predicted octanol–water partition coefficient (Wildman–Crippen LogP) is 2.72. The second kappa shape index (κ2) is 8.40. The molecule has 0 saturated carbocycles. The molecule has 0 radical (unpaired) electrons. The smallest absolute Gasteiger partial charge is 0.175 e. The molecule has 0 heterocycles. The first-order chi connectivity index (χ1) is 9.08. The van der Waals surface area contributed by atoms with Crippen molar-refractivity contribution in [1.29, 1.82) is 0 Å². The number of benzene rings is 1. The Morgan fingerprint density at radius 2 is 2.16 bits per heavy atom. The Morgan fingerprint density at radius 1 is 1.42 bits per heavy atom. The summed E-state index contributed by atoms with van der Waals surface area (Å²) >= 11 is 3.50. The van der Waals surface area contributed by atoms with Crippen LogP contribution in [0, 0.1) is 0 Å². The molecule has 108 valence electrons.